The Morgan fingerprint density at radius 1 is 0.694 bits per heavy atom. The van der Waals surface area contributed by atoms with E-state index in [9.17, 15) is 18.0 Å². The predicted molar refractivity (Wildman–Crippen MR) is 144 cm³/mol. The highest BCUT2D eigenvalue weighted by molar-refractivity contribution is 7.86. The van der Waals surface area contributed by atoms with Crippen LogP contribution in [0.25, 0.3) is 0 Å². The molecule has 14 heteroatoms. The molecule has 0 saturated carbocycles. The van der Waals surface area contributed by atoms with Crippen LogP contribution in [0.4, 0.5) is 45.5 Å². The minimum Gasteiger partial charge on any atom is -0.399 e. The number of hydrogen-bond donors (Lipinski definition) is 9. The van der Waals surface area contributed by atoms with Gasteiger partial charge in [-0.05, 0) is 42.5 Å². The summed E-state index contributed by atoms with van der Waals surface area (Å²) in [6.45, 7) is 2.92. The second-order valence-electron chi connectivity index (χ2n) is 7.29. The fraction of sp³-hybridized carbons (Fsp3) is 0.0909. The second kappa shape index (κ2) is 12.7. The minimum atomic E-state index is -4.44. The summed E-state index contributed by atoms with van der Waals surface area (Å²) in [7, 11) is -4.44. The lowest BCUT2D eigenvalue weighted by Crippen LogP contribution is -2.10. The van der Waals surface area contributed by atoms with E-state index in [2.05, 4.69) is 10.6 Å². The molecule has 0 radical (unpaired) electrons. The molecule has 3 aromatic carbocycles. The van der Waals surface area contributed by atoms with Crippen molar-refractivity contribution in [2.24, 2.45) is 0 Å². The van der Waals surface area contributed by atoms with Crippen LogP contribution < -0.4 is 45.0 Å². The SMILES string of the molecule is CC(=O)Nc1cccc(N)c1.CC(=O)Nc1cccc(N)c1.Nc1cc(S(=O)(=O)O)c(N)c(N)c1N. The minimum absolute atomic E-state index is 0.00472. The summed E-state index contributed by atoms with van der Waals surface area (Å²) in [5.74, 6) is -0.175. The maximum Gasteiger partial charge on any atom is 0.296 e. The van der Waals surface area contributed by atoms with Crippen LogP contribution in [0, 0.1) is 0 Å². The Hall–Kier alpha value is -4.69. The van der Waals surface area contributed by atoms with Crippen LogP contribution in [0.5, 0.6) is 0 Å². The molecule has 2 amide bonds. The van der Waals surface area contributed by atoms with E-state index >= 15 is 0 Å². The van der Waals surface area contributed by atoms with Crippen molar-refractivity contribution < 1.29 is 22.6 Å². The first-order valence-electron chi connectivity index (χ1n) is 10.1. The van der Waals surface area contributed by atoms with Gasteiger partial charge in [0.15, 0.2) is 0 Å². The van der Waals surface area contributed by atoms with Crippen molar-refractivity contribution in [3.63, 3.8) is 0 Å². The first kappa shape index (κ1) is 29.3. The summed E-state index contributed by atoms with van der Waals surface area (Å²) in [6, 6.07) is 15.1. The van der Waals surface area contributed by atoms with Crippen molar-refractivity contribution in [2.45, 2.75) is 18.7 Å². The molecule has 3 rings (SSSR count). The van der Waals surface area contributed by atoms with Gasteiger partial charge in [-0.25, -0.2) is 0 Å². The summed E-state index contributed by atoms with van der Waals surface area (Å²) in [5.41, 5.74) is 34.7. The van der Waals surface area contributed by atoms with Crippen molar-refractivity contribution in [2.75, 3.05) is 45.0 Å². The van der Waals surface area contributed by atoms with Crippen LogP contribution >= 0.6 is 0 Å². The molecule has 0 aliphatic heterocycles. The van der Waals surface area contributed by atoms with Gasteiger partial charge in [-0.2, -0.15) is 8.42 Å². The van der Waals surface area contributed by atoms with Gasteiger partial charge in [0.05, 0.1) is 22.7 Å². The summed E-state index contributed by atoms with van der Waals surface area (Å²) in [6.07, 6.45) is 0. The Bertz CT molecular complexity index is 1290. The van der Waals surface area contributed by atoms with Crippen LogP contribution in [0.1, 0.15) is 13.8 Å². The summed E-state index contributed by atoms with van der Waals surface area (Å²) >= 11 is 0. The second-order valence-corrected chi connectivity index (χ2v) is 8.68. The van der Waals surface area contributed by atoms with Gasteiger partial charge in [-0.15, -0.1) is 0 Å². The third-order valence-corrected chi connectivity index (χ3v) is 5.03. The standard InChI is InChI=1S/2C8H10N2O.C6H10N4O3S/c2*1-6(11)10-8-4-2-3-7(9)5-8;7-2-1-3(14(11,12)13)5(9)6(10)4(2)8/h2*2-5H,9H2,1H3,(H,10,11);1H,7-10H2,(H,11,12,13). The van der Waals surface area contributed by atoms with E-state index in [4.69, 9.17) is 39.0 Å². The molecule has 0 aromatic heterocycles. The molecule has 3 aromatic rings. The van der Waals surface area contributed by atoms with Crippen LogP contribution in [0.15, 0.2) is 59.5 Å². The zero-order valence-corrected chi connectivity index (χ0v) is 20.5. The zero-order chi connectivity index (χ0) is 27.6. The lowest BCUT2D eigenvalue weighted by Gasteiger charge is -2.10. The third kappa shape index (κ3) is 9.66. The van der Waals surface area contributed by atoms with Gasteiger partial charge < -0.3 is 45.0 Å². The number of anilines is 8. The molecule has 0 spiro atoms. The summed E-state index contributed by atoms with van der Waals surface area (Å²) in [5, 5.41) is 5.25. The van der Waals surface area contributed by atoms with Crippen LogP contribution in [-0.4, -0.2) is 24.8 Å². The molecule has 0 bridgehead atoms. The fourth-order valence-electron chi connectivity index (χ4n) is 2.58. The molecule has 0 fully saturated rings. The summed E-state index contributed by atoms with van der Waals surface area (Å²) in [4.78, 5) is 20.6. The molecular weight excluding hydrogens is 488 g/mol. The highest BCUT2D eigenvalue weighted by Crippen LogP contribution is 2.34. The largest absolute Gasteiger partial charge is 0.399 e. The van der Waals surface area contributed by atoms with Crippen LogP contribution in [0.3, 0.4) is 0 Å². The van der Waals surface area contributed by atoms with Gasteiger partial charge in [-0.3, -0.25) is 14.1 Å². The molecule has 0 heterocycles. The van der Waals surface area contributed by atoms with Crippen molar-refractivity contribution in [1.29, 1.82) is 0 Å². The molecule has 194 valence electrons. The lowest BCUT2D eigenvalue weighted by molar-refractivity contribution is -0.115. The topological polar surface area (TPSA) is 269 Å². The van der Waals surface area contributed by atoms with E-state index in [0.29, 0.717) is 11.4 Å². The summed E-state index contributed by atoms with van der Waals surface area (Å²) < 4.78 is 30.3. The monoisotopic (exact) mass is 518 g/mol. The molecule has 13 nitrogen and oxygen atoms in total. The molecule has 0 aliphatic carbocycles. The molecule has 36 heavy (non-hydrogen) atoms. The number of nitrogen functional groups attached to an aromatic ring is 6. The zero-order valence-electron chi connectivity index (χ0n) is 19.6. The van der Waals surface area contributed by atoms with Crippen molar-refractivity contribution >= 4 is 67.4 Å². The Kier molecular flexibility index (Phi) is 10.3. The number of carbonyl (C=O) groups excluding carboxylic acids is 2. The molecule has 0 saturated heterocycles. The lowest BCUT2D eigenvalue weighted by atomic mass is 10.2. The Labute approximate surface area is 208 Å². The van der Waals surface area contributed by atoms with E-state index in [1.807, 2.05) is 0 Å². The third-order valence-electron chi connectivity index (χ3n) is 4.14. The first-order valence-corrected chi connectivity index (χ1v) is 11.5. The van der Waals surface area contributed by atoms with E-state index in [1.165, 1.54) is 13.8 Å². The van der Waals surface area contributed by atoms with Crippen molar-refractivity contribution in [3.05, 3.63) is 54.6 Å². The average molecular weight is 519 g/mol. The number of hydrogen-bond acceptors (Lipinski definition) is 10. The highest BCUT2D eigenvalue weighted by atomic mass is 32.2. The number of nitrogens with one attached hydrogen (secondary N) is 2. The smallest absolute Gasteiger partial charge is 0.296 e. The fourth-order valence-corrected chi connectivity index (χ4v) is 3.25. The number of carbonyl (C=O) groups is 2. The number of nitrogens with two attached hydrogens (primary N) is 6. The maximum absolute atomic E-state index is 10.8. The van der Waals surface area contributed by atoms with E-state index in [1.54, 1.807) is 48.5 Å². The van der Waals surface area contributed by atoms with E-state index < -0.39 is 15.0 Å². The van der Waals surface area contributed by atoms with Gasteiger partial charge in [0.25, 0.3) is 10.1 Å². The Morgan fingerprint density at radius 2 is 1.11 bits per heavy atom. The van der Waals surface area contributed by atoms with E-state index in [0.717, 1.165) is 17.4 Å². The van der Waals surface area contributed by atoms with Gasteiger partial charge in [0.1, 0.15) is 4.90 Å². The van der Waals surface area contributed by atoms with Gasteiger partial charge in [0, 0.05) is 36.6 Å². The first-order chi connectivity index (χ1) is 16.6. The van der Waals surface area contributed by atoms with Crippen LogP contribution in [-0.2, 0) is 19.7 Å². The molecular formula is C22H30N8O5S. The molecule has 0 atom stereocenters. The van der Waals surface area contributed by atoms with Crippen molar-refractivity contribution in [1.82, 2.24) is 0 Å². The highest BCUT2D eigenvalue weighted by Gasteiger charge is 2.19. The number of amides is 2. The molecule has 0 unspecified atom stereocenters. The Balaban J connectivity index is 0.000000273. The molecule has 0 aliphatic rings. The quantitative estimate of drug-likeness (QED) is 0.178. The Morgan fingerprint density at radius 3 is 1.44 bits per heavy atom. The predicted octanol–water partition coefficient (Wildman–Crippen LogP) is 1.72. The maximum atomic E-state index is 10.8. The average Bonchev–Trinajstić information content (AvgIpc) is 2.74. The van der Waals surface area contributed by atoms with Gasteiger partial charge >= 0.3 is 0 Å². The van der Waals surface area contributed by atoms with Crippen LogP contribution in [0.2, 0.25) is 0 Å². The van der Waals surface area contributed by atoms with Gasteiger partial charge in [0.2, 0.25) is 11.8 Å². The van der Waals surface area contributed by atoms with Crippen molar-refractivity contribution in [3.8, 4) is 0 Å². The number of benzene rings is 3. The normalized spacial score (nSPS) is 10.1. The number of rotatable bonds is 3. The van der Waals surface area contributed by atoms with Gasteiger partial charge in [-0.1, -0.05) is 12.1 Å². The van der Waals surface area contributed by atoms with E-state index in [-0.39, 0.29) is 34.6 Å². The molecule has 15 N–H and O–H groups in total.